The largest absolute Gasteiger partial charge is 0.504 e. The number of methoxy groups -OCH3 is 1. The summed E-state index contributed by atoms with van der Waals surface area (Å²) in [4.78, 5) is 25.1. The quantitative estimate of drug-likeness (QED) is 0.113. The van der Waals surface area contributed by atoms with E-state index in [1.165, 1.54) is 24.3 Å². The van der Waals surface area contributed by atoms with Crippen molar-refractivity contribution in [3.05, 3.63) is 41.7 Å². The van der Waals surface area contributed by atoms with Gasteiger partial charge in [-0.2, -0.15) is 0 Å². The van der Waals surface area contributed by atoms with Crippen LogP contribution in [0.5, 0.6) is 11.5 Å². The number of aromatic hydroxyl groups is 2. The summed E-state index contributed by atoms with van der Waals surface area (Å²) in [5.74, 6) is -4.91. The maximum atomic E-state index is 12.6. The Kier molecular flexibility index (Phi) is 8.99. The summed E-state index contributed by atoms with van der Waals surface area (Å²) in [6.07, 6.45) is -8.30. The maximum Gasteiger partial charge on any atom is 0.337 e. The molecule has 7 N–H and O–H groups in total. The number of phenolic OH excluding ortho intramolecular Hbond substituents is 2. The third-order valence-electron chi connectivity index (χ3n) is 7.45. The molecule has 0 spiro atoms. The molecule has 1 aromatic carbocycles. The van der Waals surface area contributed by atoms with Gasteiger partial charge in [0.15, 0.2) is 17.8 Å². The van der Waals surface area contributed by atoms with Crippen LogP contribution in [0.3, 0.4) is 0 Å². The zero-order valence-corrected chi connectivity index (χ0v) is 21.5. The first-order chi connectivity index (χ1) is 19.0. The van der Waals surface area contributed by atoms with Gasteiger partial charge in [0, 0.05) is 23.8 Å². The van der Waals surface area contributed by atoms with Gasteiger partial charge >= 0.3 is 11.9 Å². The van der Waals surface area contributed by atoms with Crippen molar-refractivity contribution in [2.75, 3.05) is 13.7 Å². The fourth-order valence-electron chi connectivity index (χ4n) is 5.30. The molecule has 4 rings (SSSR count). The number of hydrogen-bond donors (Lipinski definition) is 7. The third-order valence-corrected chi connectivity index (χ3v) is 7.45. The molecule has 2 heterocycles. The second-order valence-corrected chi connectivity index (χ2v) is 9.84. The fourth-order valence-corrected chi connectivity index (χ4v) is 5.30. The first-order valence-electron chi connectivity index (χ1n) is 12.5. The molecule has 0 aromatic heterocycles. The molecule has 220 valence electrons. The number of carbonyl (C=O) groups excluding carboxylic acids is 2. The van der Waals surface area contributed by atoms with Crippen LogP contribution in [0.15, 0.2) is 36.1 Å². The SMILES string of the molecule is COC(=O)C1=COC(O[C@@H]2O[C@H](CO)[C@@H](O)[C@H](O)[C@H]2O)[C@@H]2[C@@H](C)[C@@H](OC(=O)/C=C/c3ccc(O)c(O)c3)[C@@H](O)[C@H]12. The van der Waals surface area contributed by atoms with Crippen LogP contribution < -0.4 is 0 Å². The fraction of sp³-hybridized carbons (Fsp3) is 0.538. The van der Waals surface area contributed by atoms with E-state index in [9.17, 15) is 45.3 Å². The predicted molar refractivity (Wildman–Crippen MR) is 131 cm³/mol. The van der Waals surface area contributed by atoms with Crippen molar-refractivity contribution >= 4 is 18.0 Å². The van der Waals surface area contributed by atoms with Crippen LogP contribution >= 0.6 is 0 Å². The van der Waals surface area contributed by atoms with Gasteiger partial charge in [-0.05, 0) is 23.8 Å². The third kappa shape index (κ3) is 5.65. The minimum absolute atomic E-state index is 0.0471. The van der Waals surface area contributed by atoms with Crippen molar-refractivity contribution in [3.63, 3.8) is 0 Å². The molecule has 14 nitrogen and oxygen atoms in total. The summed E-state index contributed by atoms with van der Waals surface area (Å²) in [6.45, 7) is 0.944. The second kappa shape index (κ2) is 12.1. The van der Waals surface area contributed by atoms with Crippen LogP contribution in [0.4, 0.5) is 0 Å². The molecule has 1 unspecified atom stereocenters. The Morgan fingerprint density at radius 2 is 1.73 bits per heavy atom. The van der Waals surface area contributed by atoms with Crippen LogP contribution in [0.2, 0.25) is 0 Å². The van der Waals surface area contributed by atoms with Crippen molar-refractivity contribution < 1.29 is 69.0 Å². The average molecular weight is 569 g/mol. The molecule has 14 heteroatoms. The van der Waals surface area contributed by atoms with Crippen molar-refractivity contribution in [2.24, 2.45) is 17.8 Å². The van der Waals surface area contributed by atoms with Gasteiger partial charge in [-0.3, -0.25) is 0 Å². The predicted octanol–water partition coefficient (Wildman–Crippen LogP) is -1.50. The molecular formula is C26H32O14. The summed E-state index contributed by atoms with van der Waals surface area (Å²) in [7, 11) is 1.14. The number of phenols is 2. The smallest absolute Gasteiger partial charge is 0.337 e. The second-order valence-electron chi connectivity index (χ2n) is 9.84. The Labute approximate surface area is 228 Å². The van der Waals surface area contributed by atoms with Crippen LogP contribution in [0, 0.1) is 17.8 Å². The molecule has 1 aromatic rings. The number of hydrogen-bond acceptors (Lipinski definition) is 14. The van der Waals surface area contributed by atoms with Crippen molar-refractivity contribution in [2.45, 2.75) is 56.1 Å². The number of esters is 2. The molecule has 0 bridgehead atoms. The number of benzene rings is 1. The summed E-state index contributed by atoms with van der Waals surface area (Å²) >= 11 is 0. The van der Waals surface area contributed by atoms with Crippen LogP contribution in [-0.2, 0) is 33.3 Å². The Balaban J connectivity index is 1.55. The van der Waals surface area contributed by atoms with Gasteiger partial charge in [0.25, 0.3) is 0 Å². The van der Waals surface area contributed by atoms with Crippen LogP contribution in [-0.4, -0.2) is 111 Å². The molecule has 1 saturated carbocycles. The highest BCUT2D eigenvalue weighted by Gasteiger charge is 2.59. The minimum atomic E-state index is -1.73. The van der Waals surface area contributed by atoms with E-state index >= 15 is 0 Å². The summed E-state index contributed by atoms with van der Waals surface area (Å²) in [6, 6.07) is 3.92. The van der Waals surface area contributed by atoms with Gasteiger partial charge < -0.3 is 59.4 Å². The first-order valence-corrected chi connectivity index (χ1v) is 12.5. The number of aliphatic hydroxyl groups excluding tert-OH is 5. The lowest BCUT2D eigenvalue weighted by Gasteiger charge is -2.43. The summed E-state index contributed by atoms with van der Waals surface area (Å²) < 4.78 is 27.1. The van der Waals surface area contributed by atoms with E-state index in [1.807, 2.05) is 0 Å². The van der Waals surface area contributed by atoms with E-state index in [4.69, 9.17) is 23.7 Å². The zero-order valence-electron chi connectivity index (χ0n) is 21.5. The maximum absolute atomic E-state index is 12.6. The normalized spacial score (nSPS) is 37.4. The van der Waals surface area contributed by atoms with Crippen molar-refractivity contribution in [3.8, 4) is 11.5 Å². The van der Waals surface area contributed by atoms with E-state index in [1.54, 1.807) is 6.92 Å². The molecule has 11 atom stereocenters. The lowest BCUT2D eigenvalue weighted by atomic mass is 9.82. The molecule has 2 aliphatic heterocycles. The van der Waals surface area contributed by atoms with Crippen molar-refractivity contribution in [1.29, 1.82) is 0 Å². The Bertz CT molecular complexity index is 1150. The van der Waals surface area contributed by atoms with Crippen LogP contribution in [0.1, 0.15) is 12.5 Å². The van der Waals surface area contributed by atoms with Gasteiger partial charge in [0.1, 0.15) is 30.5 Å². The highest BCUT2D eigenvalue weighted by atomic mass is 16.8. The minimum Gasteiger partial charge on any atom is -0.504 e. The van der Waals surface area contributed by atoms with Crippen molar-refractivity contribution in [1.82, 2.24) is 0 Å². The number of rotatable bonds is 7. The molecule has 0 amide bonds. The topological polar surface area (TPSA) is 222 Å². The van der Waals surface area contributed by atoms with E-state index in [0.29, 0.717) is 5.56 Å². The summed E-state index contributed by atoms with van der Waals surface area (Å²) in [5.41, 5.74) is 0.340. The molecule has 1 aliphatic carbocycles. The Morgan fingerprint density at radius 1 is 1.00 bits per heavy atom. The highest BCUT2D eigenvalue weighted by molar-refractivity contribution is 5.89. The zero-order chi connectivity index (χ0) is 29.3. The molecule has 3 aliphatic rings. The van der Waals surface area contributed by atoms with E-state index < -0.39 is 85.5 Å². The van der Waals surface area contributed by atoms with Crippen LogP contribution in [0.25, 0.3) is 6.08 Å². The molecule has 1 saturated heterocycles. The molecule has 40 heavy (non-hydrogen) atoms. The monoisotopic (exact) mass is 568 g/mol. The molecule has 2 fully saturated rings. The Hall–Kier alpha value is -3.24. The van der Waals surface area contributed by atoms with Gasteiger partial charge in [0.05, 0.1) is 31.7 Å². The van der Waals surface area contributed by atoms with Gasteiger partial charge in [-0.1, -0.05) is 13.0 Å². The Morgan fingerprint density at radius 3 is 2.38 bits per heavy atom. The molecule has 0 radical (unpaired) electrons. The number of carbonyl (C=O) groups is 2. The highest BCUT2D eigenvalue weighted by Crippen LogP contribution is 2.49. The lowest BCUT2D eigenvalue weighted by molar-refractivity contribution is -0.343. The van der Waals surface area contributed by atoms with Gasteiger partial charge in [-0.25, -0.2) is 9.59 Å². The van der Waals surface area contributed by atoms with E-state index in [-0.39, 0.29) is 17.1 Å². The summed E-state index contributed by atoms with van der Waals surface area (Å²) in [5, 5.41) is 70.3. The number of aliphatic hydroxyl groups is 5. The van der Waals surface area contributed by atoms with Gasteiger partial charge in [0.2, 0.25) is 6.29 Å². The number of ether oxygens (including phenoxy) is 5. The lowest BCUT2D eigenvalue weighted by Crippen LogP contribution is -2.60. The standard InChI is InChI=1S/C26H32O14/c1-10-17-18(20(32)23(10)39-16(30)6-4-11-3-5-13(28)14(29)7-11)12(24(35)36-2)9-37-25(17)40-26-22(34)21(33)19(31)15(8-27)38-26/h3-7,9-10,15,17-23,25-29,31-34H,8H2,1-2H3/b6-4+/t10-,15-,17-,18-,19-,20+,21+,22-,23-,25?,26+/m1/s1. The van der Waals surface area contributed by atoms with E-state index in [0.717, 1.165) is 19.4 Å². The first kappa shape index (κ1) is 29.7. The van der Waals surface area contributed by atoms with Gasteiger partial charge in [-0.15, -0.1) is 0 Å². The number of fused-ring (bicyclic) bond motifs is 1. The van der Waals surface area contributed by atoms with E-state index in [2.05, 4.69) is 0 Å². The average Bonchev–Trinajstić information content (AvgIpc) is 3.19. The molecular weight excluding hydrogens is 536 g/mol.